The molecule has 0 heterocycles. The number of benzene rings is 1. The number of rotatable bonds is 7. The molecule has 1 fully saturated rings. The van der Waals surface area contributed by atoms with Gasteiger partial charge in [0.05, 0.1) is 11.9 Å². The highest BCUT2D eigenvalue weighted by Gasteiger charge is 2.40. The van der Waals surface area contributed by atoms with Crippen molar-refractivity contribution in [2.45, 2.75) is 50.7 Å². The molecule has 1 unspecified atom stereocenters. The van der Waals surface area contributed by atoms with Crippen LogP contribution in [-0.4, -0.2) is 35.9 Å². The van der Waals surface area contributed by atoms with Gasteiger partial charge in [-0.2, -0.15) is 8.42 Å². The van der Waals surface area contributed by atoms with Crippen molar-refractivity contribution < 1.29 is 18.1 Å². The Labute approximate surface area is 132 Å². The Morgan fingerprint density at radius 3 is 2.59 bits per heavy atom. The molecule has 0 aromatic heterocycles. The van der Waals surface area contributed by atoms with Gasteiger partial charge in [0.15, 0.2) is 0 Å². The molecule has 0 aliphatic heterocycles. The third kappa shape index (κ3) is 4.52. The van der Waals surface area contributed by atoms with Gasteiger partial charge in [-0.15, -0.1) is 0 Å². The third-order valence-corrected chi connectivity index (χ3v) is 5.24. The lowest BCUT2D eigenvalue weighted by atomic mass is 9.85. The lowest BCUT2D eigenvalue weighted by molar-refractivity contribution is 0.0615. The van der Waals surface area contributed by atoms with E-state index in [1.54, 1.807) is 0 Å². The largest absolute Gasteiger partial charge is 0.386 e. The summed E-state index contributed by atoms with van der Waals surface area (Å²) < 4.78 is 30.3. The molecule has 124 valence electrons. The van der Waals surface area contributed by atoms with Crippen molar-refractivity contribution in [3.05, 3.63) is 35.4 Å². The lowest BCUT2D eigenvalue weighted by Crippen LogP contribution is -2.48. The SMILES string of the molecule is Cc1cccc(C(O)C2(NCCCS(=O)(=O)O)CCCC2)c1. The molecule has 3 N–H and O–H groups in total. The first-order chi connectivity index (χ1) is 10.3. The topological polar surface area (TPSA) is 86.6 Å². The van der Waals surface area contributed by atoms with Gasteiger partial charge >= 0.3 is 0 Å². The van der Waals surface area contributed by atoms with E-state index >= 15 is 0 Å². The molecule has 1 aliphatic carbocycles. The molecule has 1 saturated carbocycles. The van der Waals surface area contributed by atoms with Crippen molar-refractivity contribution in [1.29, 1.82) is 0 Å². The second-order valence-corrected chi connectivity index (χ2v) is 7.82. The fourth-order valence-electron chi connectivity index (χ4n) is 3.30. The molecule has 0 bridgehead atoms. The molecule has 5 nitrogen and oxygen atoms in total. The van der Waals surface area contributed by atoms with Crippen molar-refractivity contribution in [2.24, 2.45) is 0 Å². The normalized spacial score (nSPS) is 19.2. The fourth-order valence-corrected chi connectivity index (χ4v) is 3.81. The highest BCUT2D eigenvalue weighted by Crippen LogP contribution is 2.40. The average molecular weight is 327 g/mol. The summed E-state index contributed by atoms with van der Waals surface area (Å²) >= 11 is 0. The molecular formula is C16H25NO4S. The zero-order chi connectivity index (χ0) is 16.2. The predicted octanol–water partition coefficient (Wildman–Crippen LogP) is 2.21. The van der Waals surface area contributed by atoms with Crippen molar-refractivity contribution >= 4 is 10.1 Å². The average Bonchev–Trinajstić information content (AvgIpc) is 2.92. The second-order valence-electron chi connectivity index (χ2n) is 6.25. The first-order valence-corrected chi connectivity index (χ1v) is 9.38. The number of nitrogens with one attached hydrogen (secondary N) is 1. The molecule has 22 heavy (non-hydrogen) atoms. The number of aliphatic hydroxyl groups excluding tert-OH is 1. The third-order valence-electron chi connectivity index (χ3n) is 4.43. The zero-order valence-electron chi connectivity index (χ0n) is 13.0. The van der Waals surface area contributed by atoms with E-state index in [-0.39, 0.29) is 5.75 Å². The highest BCUT2D eigenvalue weighted by atomic mass is 32.2. The Morgan fingerprint density at radius 1 is 1.32 bits per heavy atom. The van der Waals surface area contributed by atoms with Crippen LogP contribution in [0.2, 0.25) is 0 Å². The molecule has 0 radical (unpaired) electrons. The number of aliphatic hydroxyl groups is 1. The van der Waals surface area contributed by atoms with Crippen LogP contribution in [0.5, 0.6) is 0 Å². The van der Waals surface area contributed by atoms with E-state index in [9.17, 15) is 13.5 Å². The maximum Gasteiger partial charge on any atom is 0.264 e. The maximum absolute atomic E-state index is 10.8. The lowest BCUT2D eigenvalue weighted by Gasteiger charge is -2.36. The van der Waals surface area contributed by atoms with Gasteiger partial charge in [-0.05, 0) is 38.3 Å². The Balaban J connectivity index is 2.04. The summed E-state index contributed by atoms with van der Waals surface area (Å²) in [5.41, 5.74) is 1.60. The van der Waals surface area contributed by atoms with Gasteiger partial charge in [0, 0.05) is 5.54 Å². The Bertz CT molecular complexity index is 594. The van der Waals surface area contributed by atoms with Crippen LogP contribution in [0, 0.1) is 6.92 Å². The van der Waals surface area contributed by atoms with E-state index in [1.807, 2.05) is 31.2 Å². The minimum atomic E-state index is -3.92. The van der Waals surface area contributed by atoms with Gasteiger partial charge in [0.1, 0.15) is 0 Å². The van der Waals surface area contributed by atoms with Crippen LogP contribution in [0.15, 0.2) is 24.3 Å². The van der Waals surface area contributed by atoms with Crippen molar-refractivity contribution in [1.82, 2.24) is 5.32 Å². The van der Waals surface area contributed by atoms with Gasteiger partial charge in [-0.1, -0.05) is 42.7 Å². The minimum absolute atomic E-state index is 0.253. The van der Waals surface area contributed by atoms with Crippen LogP contribution >= 0.6 is 0 Å². The van der Waals surface area contributed by atoms with Crippen LogP contribution in [0.3, 0.4) is 0 Å². The standard InChI is InChI=1S/C16H25NO4S/c1-13-6-4-7-14(12-13)15(18)16(8-2-3-9-16)17-10-5-11-22(19,20)21/h4,6-7,12,15,17-18H,2-3,5,8-11H2,1H3,(H,19,20,21). The van der Waals surface area contributed by atoms with Crippen molar-refractivity contribution in [3.8, 4) is 0 Å². The van der Waals surface area contributed by atoms with Gasteiger partial charge in [-0.3, -0.25) is 4.55 Å². The van der Waals surface area contributed by atoms with Crippen molar-refractivity contribution in [2.75, 3.05) is 12.3 Å². The summed E-state index contributed by atoms with van der Waals surface area (Å²) in [6.07, 6.45) is 3.56. The summed E-state index contributed by atoms with van der Waals surface area (Å²) in [5, 5.41) is 14.2. The summed E-state index contributed by atoms with van der Waals surface area (Å²) in [5.74, 6) is -0.253. The molecule has 1 aromatic rings. The van der Waals surface area contributed by atoms with Gasteiger partial charge in [0.2, 0.25) is 0 Å². The predicted molar refractivity (Wildman–Crippen MR) is 86.4 cm³/mol. The first kappa shape index (κ1) is 17.4. The van der Waals surface area contributed by atoms with Crippen LogP contribution in [0.1, 0.15) is 49.3 Å². The summed E-state index contributed by atoms with van der Waals surface area (Å²) in [7, 11) is -3.92. The second kappa shape index (κ2) is 7.08. The molecule has 0 amide bonds. The molecule has 0 spiro atoms. The molecular weight excluding hydrogens is 302 g/mol. The van der Waals surface area contributed by atoms with Gasteiger partial charge < -0.3 is 10.4 Å². The van der Waals surface area contributed by atoms with E-state index in [0.29, 0.717) is 13.0 Å². The van der Waals surface area contributed by atoms with Crippen LogP contribution < -0.4 is 5.32 Å². The van der Waals surface area contributed by atoms with E-state index in [2.05, 4.69) is 5.32 Å². The molecule has 1 atom stereocenters. The smallest absolute Gasteiger partial charge is 0.264 e. The quantitative estimate of drug-likeness (QED) is 0.528. The monoisotopic (exact) mass is 327 g/mol. The number of aryl methyl sites for hydroxylation is 1. The van der Waals surface area contributed by atoms with Crippen molar-refractivity contribution in [3.63, 3.8) is 0 Å². The fraction of sp³-hybridized carbons (Fsp3) is 0.625. The Morgan fingerprint density at radius 2 is 2.00 bits per heavy atom. The van der Waals surface area contributed by atoms with E-state index in [4.69, 9.17) is 4.55 Å². The van der Waals surface area contributed by atoms with E-state index in [1.165, 1.54) is 0 Å². The molecule has 1 aliphatic rings. The number of hydrogen-bond acceptors (Lipinski definition) is 4. The summed E-state index contributed by atoms with van der Waals surface area (Å²) in [6.45, 7) is 2.46. The molecule has 0 saturated heterocycles. The van der Waals surface area contributed by atoms with Gasteiger partial charge in [0.25, 0.3) is 10.1 Å². The maximum atomic E-state index is 10.8. The molecule has 6 heteroatoms. The Hall–Kier alpha value is -0.950. The highest BCUT2D eigenvalue weighted by molar-refractivity contribution is 7.85. The first-order valence-electron chi connectivity index (χ1n) is 7.77. The van der Waals surface area contributed by atoms with Crippen LogP contribution in [0.25, 0.3) is 0 Å². The summed E-state index contributed by atoms with van der Waals surface area (Å²) in [4.78, 5) is 0. The van der Waals surface area contributed by atoms with Crippen LogP contribution in [0.4, 0.5) is 0 Å². The minimum Gasteiger partial charge on any atom is -0.386 e. The van der Waals surface area contributed by atoms with E-state index in [0.717, 1.165) is 36.8 Å². The number of hydrogen-bond donors (Lipinski definition) is 3. The molecule has 1 aromatic carbocycles. The van der Waals surface area contributed by atoms with Gasteiger partial charge in [-0.25, -0.2) is 0 Å². The summed E-state index contributed by atoms with van der Waals surface area (Å²) in [6, 6.07) is 7.86. The Kier molecular flexibility index (Phi) is 5.60. The van der Waals surface area contributed by atoms with E-state index < -0.39 is 21.8 Å². The zero-order valence-corrected chi connectivity index (χ0v) is 13.8. The van der Waals surface area contributed by atoms with Crippen LogP contribution in [-0.2, 0) is 10.1 Å². The molecule has 2 rings (SSSR count).